The lowest BCUT2D eigenvalue weighted by atomic mass is 10.3. The summed E-state index contributed by atoms with van der Waals surface area (Å²) in [5, 5.41) is -0.248. The van der Waals surface area contributed by atoms with Gasteiger partial charge in [0.2, 0.25) is 5.96 Å². The van der Waals surface area contributed by atoms with Crippen LogP contribution in [0.15, 0.2) is 28.2 Å². The van der Waals surface area contributed by atoms with Gasteiger partial charge >= 0.3 is 6.36 Å². The van der Waals surface area contributed by atoms with E-state index < -0.39 is 12.1 Å². The predicted molar refractivity (Wildman–Crippen MR) is 97.4 cm³/mol. The second-order valence-corrected chi connectivity index (χ2v) is 5.80. The highest BCUT2D eigenvalue weighted by Gasteiger charge is 2.32. The lowest BCUT2D eigenvalue weighted by Crippen LogP contribution is -2.50. The zero-order chi connectivity index (χ0) is 18.6. The number of hydrogen-bond donors (Lipinski definition) is 2. The minimum absolute atomic E-state index is 0. The van der Waals surface area contributed by atoms with Crippen molar-refractivity contribution in [2.75, 3.05) is 33.2 Å². The van der Waals surface area contributed by atoms with Crippen molar-refractivity contribution >= 4 is 41.6 Å². The third kappa shape index (κ3) is 6.77. The van der Waals surface area contributed by atoms with Gasteiger partial charge in [-0.05, 0) is 25.2 Å². The average Bonchev–Trinajstić information content (AvgIpc) is 2.49. The zero-order valence-corrected chi connectivity index (χ0v) is 15.4. The van der Waals surface area contributed by atoms with Crippen LogP contribution in [0.25, 0.3) is 0 Å². The molecular weight excluding hydrogens is 396 g/mol. The molecule has 1 fully saturated rings. The summed E-state index contributed by atoms with van der Waals surface area (Å²) in [6.07, 6.45) is -4.82. The normalized spacial score (nSPS) is 17.0. The van der Waals surface area contributed by atoms with Crippen molar-refractivity contribution in [2.24, 2.45) is 21.5 Å². The van der Waals surface area contributed by atoms with Crippen LogP contribution < -0.4 is 16.2 Å². The van der Waals surface area contributed by atoms with Crippen LogP contribution >= 0.6 is 24.0 Å². The summed E-state index contributed by atoms with van der Waals surface area (Å²) in [6, 6.07) is 3.52. The lowest BCUT2D eigenvalue weighted by molar-refractivity contribution is -0.274. The quantitative estimate of drug-likeness (QED) is 0.571. The van der Waals surface area contributed by atoms with Gasteiger partial charge in [-0.25, -0.2) is 4.99 Å². The molecule has 1 saturated heterocycles. The van der Waals surface area contributed by atoms with Crippen molar-refractivity contribution in [3.05, 3.63) is 23.2 Å². The van der Waals surface area contributed by atoms with Crippen molar-refractivity contribution in [1.82, 2.24) is 9.80 Å². The maximum absolute atomic E-state index is 12.2. The molecule has 146 valence electrons. The molecule has 12 heteroatoms. The third-order valence-electron chi connectivity index (χ3n) is 3.44. The number of alkyl halides is 3. The van der Waals surface area contributed by atoms with Crippen molar-refractivity contribution in [3.8, 4) is 5.75 Å². The van der Waals surface area contributed by atoms with Crippen molar-refractivity contribution in [1.29, 1.82) is 0 Å². The molecule has 0 saturated carbocycles. The summed E-state index contributed by atoms with van der Waals surface area (Å²) in [6.45, 7) is 3.13. The summed E-state index contributed by atoms with van der Waals surface area (Å²) in [4.78, 5) is 12.0. The Bertz CT molecular complexity index is 675. The SMILES string of the molecule is CN1CCN(C(N)=NC(N)=Nc2ccc(OC(F)(F)F)c(Cl)c2)CC1.Cl. The van der Waals surface area contributed by atoms with E-state index in [0.717, 1.165) is 19.2 Å². The minimum Gasteiger partial charge on any atom is -0.404 e. The van der Waals surface area contributed by atoms with E-state index in [2.05, 4.69) is 19.6 Å². The average molecular weight is 415 g/mol. The topological polar surface area (TPSA) is 92.5 Å². The molecule has 2 rings (SSSR count). The number of likely N-dealkylation sites (N-methyl/N-ethyl adjacent to an activating group) is 1. The first kappa shape index (κ1) is 22.1. The van der Waals surface area contributed by atoms with E-state index in [-0.39, 0.29) is 35.0 Å². The monoisotopic (exact) mass is 414 g/mol. The smallest absolute Gasteiger partial charge is 0.404 e. The maximum Gasteiger partial charge on any atom is 0.573 e. The van der Waals surface area contributed by atoms with Crippen molar-refractivity contribution < 1.29 is 17.9 Å². The fraction of sp³-hybridized carbons (Fsp3) is 0.429. The van der Waals surface area contributed by atoms with Gasteiger partial charge in [-0.15, -0.1) is 25.6 Å². The van der Waals surface area contributed by atoms with Gasteiger partial charge in [0.05, 0.1) is 10.7 Å². The highest BCUT2D eigenvalue weighted by molar-refractivity contribution is 6.32. The molecule has 1 heterocycles. The molecule has 4 N–H and O–H groups in total. The Kier molecular flexibility index (Phi) is 7.79. The summed E-state index contributed by atoms with van der Waals surface area (Å²) in [5.41, 5.74) is 11.8. The highest BCUT2D eigenvalue weighted by atomic mass is 35.5. The Hall–Kier alpha value is -1.91. The molecule has 0 amide bonds. The van der Waals surface area contributed by atoms with Crippen molar-refractivity contribution in [2.45, 2.75) is 6.36 Å². The van der Waals surface area contributed by atoms with Gasteiger partial charge in [0, 0.05) is 26.2 Å². The highest BCUT2D eigenvalue weighted by Crippen LogP contribution is 2.32. The number of nitrogens with two attached hydrogens (primary N) is 2. The van der Waals surface area contributed by atoms with Gasteiger partial charge in [0.25, 0.3) is 0 Å². The second kappa shape index (κ2) is 9.15. The number of piperazine rings is 1. The Morgan fingerprint density at radius 3 is 2.35 bits per heavy atom. The first-order valence-corrected chi connectivity index (χ1v) is 7.69. The van der Waals surface area contributed by atoms with Crippen LogP contribution in [0.2, 0.25) is 5.02 Å². The fourth-order valence-corrected chi connectivity index (χ4v) is 2.36. The first-order chi connectivity index (χ1) is 11.6. The Balaban J connectivity index is 0.00000338. The molecule has 0 aromatic heterocycles. The second-order valence-electron chi connectivity index (χ2n) is 5.39. The molecule has 1 aliphatic heterocycles. The molecule has 26 heavy (non-hydrogen) atoms. The Morgan fingerprint density at radius 1 is 1.19 bits per heavy atom. The van der Waals surface area contributed by atoms with Gasteiger partial charge in [-0.3, -0.25) is 0 Å². The molecule has 1 aromatic carbocycles. The minimum atomic E-state index is -4.82. The van der Waals surface area contributed by atoms with E-state index >= 15 is 0 Å². The molecule has 0 atom stereocenters. The first-order valence-electron chi connectivity index (χ1n) is 7.31. The summed E-state index contributed by atoms with van der Waals surface area (Å²) in [5.74, 6) is -0.415. The van der Waals surface area contributed by atoms with Crippen LogP contribution in [0.5, 0.6) is 5.75 Å². The number of nitrogens with zero attached hydrogens (tertiary/aromatic N) is 4. The standard InChI is InChI=1S/C14H18ClF3N6O.ClH/c1-23-4-6-24(7-5-23)13(20)22-12(19)21-9-2-3-11(10(15)8-9)25-14(16,17)18;/h2-3,8H,4-7H2,1H3,(H4,19,20,21,22);1H. The largest absolute Gasteiger partial charge is 0.573 e. The predicted octanol–water partition coefficient (Wildman–Crippen LogP) is 2.17. The van der Waals surface area contributed by atoms with Crippen LogP contribution in [-0.4, -0.2) is 61.3 Å². The van der Waals surface area contributed by atoms with E-state index in [1.807, 2.05) is 11.9 Å². The fourth-order valence-electron chi connectivity index (χ4n) is 2.15. The van der Waals surface area contributed by atoms with E-state index in [1.54, 1.807) is 0 Å². The van der Waals surface area contributed by atoms with E-state index in [0.29, 0.717) is 13.1 Å². The number of ether oxygens (including phenoxy) is 1. The van der Waals surface area contributed by atoms with Crippen LogP contribution in [0.3, 0.4) is 0 Å². The van der Waals surface area contributed by atoms with Crippen molar-refractivity contribution in [3.63, 3.8) is 0 Å². The zero-order valence-electron chi connectivity index (χ0n) is 13.8. The van der Waals surface area contributed by atoms with Gasteiger partial charge in [-0.1, -0.05) is 11.6 Å². The summed E-state index contributed by atoms with van der Waals surface area (Å²) < 4.78 is 40.4. The number of aliphatic imine (C=N–C) groups is 2. The molecule has 0 bridgehead atoms. The summed E-state index contributed by atoms with van der Waals surface area (Å²) >= 11 is 5.75. The number of rotatable bonds is 2. The molecule has 1 aromatic rings. The van der Waals surface area contributed by atoms with Gasteiger partial charge in [-0.2, -0.15) is 4.99 Å². The van der Waals surface area contributed by atoms with Crippen LogP contribution in [0.1, 0.15) is 0 Å². The van der Waals surface area contributed by atoms with Gasteiger partial charge < -0.3 is 26.0 Å². The molecular formula is C14H19Cl2F3N6O. The van der Waals surface area contributed by atoms with Crippen LogP contribution in [-0.2, 0) is 0 Å². The van der Waals surface area contributed by atoms with Crippen LogP contribution in [0, 0.1) is 0 Å². The van der Waals surface area contributed by atoms with Gasteiger partial charge in [0.1, 0.15) is 5.75 Å². The van der Waals surface area contributed by atoms with E-state index in [1.165, 1.54) is 12.1 Å². The molecule has 1 aliphatic rings. The lowest BCUT2D eigenvalue weighted by Gasteiger charge is -2.32. The third-order valence-corrected chi connectivity index (χ3v) is 3.74. The molecule has 7 nitrogen and oxygen atoms in total. The number of benzene rings is 1. The number of hydrogen-bond acceptors (Lipinski definition) is 3. The van der Waals surface area contributed by atoms with Gasteiger partial charge in [0.15, 0.2) is 5.96 Å². The number of guanidine groups is 2. The molecule has 0 spiro atoms. The maximum atomic E-state index is 12.2. The Labute approximate surface area is 159 Å². The summed E-state index contributed by atoms with van der Waals surface area (Å²) in [7, 11) is 2.01. The molecule has 0 unspecified atom stereocenters. The van der Waals surface area contributed by atoms with E-state index in [9.17, 15) is 13.2 Å². The van der Waals surface area contributed by atoms with E-state index in [4.69, 9.17) is 23.1 Å². The number of halogens is 5. The molecule has 0 aliphatic carbocycles. The molecule has 0 radical (unpaired) electrons. The van der Waals surface area contributed by atoms with Crippen LogP contribution in [0.4, 0.5) is 18.9 Å². The Morgan fingerprint density at radius 2 is 1.81 bits per heavy atom.